The van der Waals surface area contributed by atoms with Crippen LogP contribution in [0, 0.1) is 0 Å². The fourth-order valence-corrected chi connectivity index (χ4v) is 0.928. The second-order valence-electron chi connectivity index (χ2n) is 2.92. The molecule has 0 aliphatic rings. The van der Waals surface area contributed by atoms with E-state index in [1.807, 2.05) is 12.1 Å². The molecule has 1 rings (SSSR count). The van der Waals surface area contributed by atoms with Gasteiger partial charge in [0.25, 0.3) is 0 Å². The molecule has 0 heterocycles. The van der Waals surface area contributed by atoms with Crippen LogP contribution in [-0.4, -0.2) is 0 Å². The zero-order valence-corrected chi connectivity index (χ0v) is 6.87. The second kappa shape index (κ2) is 3.33. The van der Waals surface area contributed by atoms with Crippen molar-refractivity contribution in [2.75, 3.05) is 0 Å². The molecule has 58 valence electrons. The molecule has 1 aromatic rings. The third kappa shape index (κ3) is 2.19. The van der Waals surface area contributed by atoms with Gasteiger partial charge in [-0.15, -0.1) is 0 Å². The van der Waals surface area contributed by atoms with E-state index in [1.165, 1.54) is 5.56 Å². The standard InChI is InChI=1S/C10H12O/c1-8(2)9-4-3-5-10(11)7-6-9/h3-8H,1-2H3. The topological polar surface area (TPSA) is 17.1 Å². The molecule has 0 spiro atoms. The Hall–Kier alpha value is -1.11. The van der Waals surface area contributed by atoms with E-state index in [0.29, 0.717) is 5.92 Å². The van der Waals surface area contributed by atoms with Crippen molar-refractivity contribution in [2.45, 2.75) is 19.8 Å². The van der Waals surface area contributed by atoms with Gasteiger partial charge in [0.2, 0.25) is 0 Å². The van der Waals surface area contributed by atoms with E-state index in [4.69, 9.17) is 0 Å². The van der Waals surface area contributed by atoms with Gasteiger partial charge in [0.15, 0.2) is 5.43 Å². The Kier molecular flexibility index (Phi) is 2.42. The van der Waals surface area contributed by atoms with Crippen LogP contribution >= 0.6 is 0 Å². The summed E-state index contributed by atoms with van der Waals surface area (Å²) >= 11 is 0. The monoisotopic (exact) mass is 148 g/mol. The summed E-state index contributed by atoms with van der Waals surface area (Å²) in [6.45, 7) is 4.22. The van der Waals surface area contributed by atoms with Crippen molar-refractivity contribution in [2.24, 2.45) is 0 Å². The highest BCUT2D eigenvalue weighted by Gasteiger charge is 1.94. The molecule has 0 aliphatic carbocycles. The third-order valence-corrected chi connectivity index (χ3v) is 1.66. The average molecular weight is 148 g/mol. The van der Waals surface area contributed by atoms with Crippen LogP contribution in [0.15, 0.2) is 35.1 Å². The fraction of sp³-hybridized carbons (Fsp3) is 0.300. The van der Waals surface area contributed by atoms with Crippen LogP contribution in [0.4, 0.5) is 0 Å². The summed E-state index contributed by atoms with van der Waals surface area (Å²) in [5.41, 5.74) is 1.27. The van der Waals surface area contributed by atoms with E-state index in [0.717, 1.165) is 0 Å². The lowest BCUT2D eigenvalue weighted by Crippen LogP contribution is -1.88. The van der Waals surface area contributed by atoms with Crippen LogP contribution in [-0.2, 0) is 0 Å². The Balaban J connectivity index is 3.15. The van der Waals surface area contributed by atoms with Crippen LogP contribution in [0.1, 0.15) is 25.3 Å². The minimum Gasteiger partial charge on any atom is -0.290 e. The molecule has 0 radical (unpaired) electrons. The van der Waals surface area contributed by atoms with Crippen LogP contribution in [0.3, 0.4) is 0 Å². The van der Waals surface area contributed by atoms with Gasteiger partial charge in [0.05, 0.1) is 0 Å². The fourth-order valence-electron chi connectivity index (χ4n) is 0.928. The van der Waals surface area contributed by atoms with Gasteiger partial charge in [0, 0.05) is 0 Å². The number of hydrogen-bond donors (Lipinski definition) is 0. The Morgan fingerprint density at radius 3 is 2.45 bits per heavy atom. The molecular weight excluding hydrogens is 136 g/mol. The van der Waals surface area contributed by atoms with Crippen LogP contribution in [0.5, 0.6) is 0 Å². The predicted octanol–water partition coefficient (Wildman–Crippen LogP) is 2.17. The van der Waals surface area contributed by atoms with E-state index >= 15 is 0 Å². The summed E-state index contributed by atoms with van der Waals surface area (Å²) in [6, 6.07) is 8.85. The van der Waals surface area contributed by atoms with Crippen LogP contribution in [0.2, 0.25) is 0 Å². The predicted molar refractivity (Wildman–Crippen MR) is 46.8 cm³/mol. The maximum absolute atomic E-state index is 10.8. The van der Waals surface area contributed by atoms with Gasteiger partial charge in [-0.2, -0.15) is 0 Å². The molecule has 0 amide bonds. The van der Waals surface area contributed by atoms with Crippen LogP contribution in [0.25, 0.3) is 0 Å². The van der Waals surface area contributed by atoms with Crippen molar-refractivity contribution in [3.8, 4) is 0 Å². The van der Waals surface area contributed by atoms with E-state index in [2.05, 4.69) is 13.8 Å². The van der Waals surface area contributed by atoms with Crippen molar-refractivity contribution < 1.29 is 0 Å². The summed E-state index contributed by atoms with van der Waals surface area (Å²) in [6.07, 6.45) is 0. The molecule has 0 atom stereocenters. The van der Waals surface area contributed by atoms with Gasteiger partial charge >= 0.3 is 0 Å². The lowest BCUT2D eigenvalue weighted by atomic mass is 10.1. The van der Waals surface area contributed by atoms with Crippen molar-refractivity contribution >= 4 is 0 Å². The van der Waals surface area contributed by atoms with Gasteiger partial charge < -0.3 is 0 Å². The molecule has 0 saturated carbocycles. The lowest BCUT2D eigenvalue weighted by molar-refractivity contribution is 0.868. The first-order chi connectivity index (χ1) is 5.20. The SMILES string of the molecule is CC(C)c1cccc(=O)cc1. The van der Waals surface area contributed by atoms with Crippen molar-refractivity contribution in [1.29, 1.82) is 0 Å². The molecule has 0 aromatic heterocycles. The molecule has 1 aromatic carbocycles. The molecule has 1 heteroatoms. The Bertz CT molecular complexity index is 289. The summed E-state index contributed by atoms with van der Waals surface area (Å²) in [4.78, 5) is 10.8. The van der Waals surface area contributed by atoms with E-state index in [-0.39, 0.29) is 5.43 Å². The van der Waals surface area contributed by atoms with E-state index < -0.39 is 0 Å². The molecule has 0 N–H and O–H groups in total. The van der Waals surface area contributed by atoms with Crippen molar-refractivity contribution in [3.63, 3.8) is 0 Å². The maximum Gasteiger partial charge on any atom is 0.178 e. The zero-order chi connectivity index (χ0) is 8.27. The molecule has 0 fully saturated rings. The van der Waals surface area contributed by atoms with E-state index in [1.54, 1.807) is 18.2 Å². The molecule has 1 nitrogen and oxygen atoms in total. The maximum atomic E-state index is 10.8. The highest BCUT2D eigenvalue weighted by molar-refractivity contribution is 5.16. The van der Waals surface area contributed by atoms with Gasteiger partial charge in [-0.3, -0.25) is 4.79 Å². The normalized spacial score (nSPS) is 10.1. The smallest absolute Gasteiger partial charge is 0.178 e. The molecule has 0 bridgehead atoms. The lowest BCUT2D eigenvalue weighted by Gasteiger charge is -1.99. The summed E-state index contributed by atoms with van der Waals surface area (Å²) < 4.78 is 0. The molecule has 0 aliphatic heterocycles. The average Bonchev–Trinajstić information content (AvgIpc) is 2.13. The summed E-state index contributed by atoms with van der Waals surface area (Å²) in [7, 11) is 0. The number of rotatable bonds is 1. The summed E-state index contributed by atoms with van der Waals surface area (Å²) in [5, 5.41) is 0. The Morgan fingerprint density at radius 2 is 1.82 bits per heavy atom. The minimum absolute atomic E-state index is 0.0666. The van der Waals surface area contributed by atoms with Gasteiger partial charge in [-0.25, -0.2) is 0 Å². The van der Waals surface area contributed by atoms with Gasteiger partial charge in [0.1, 0.15) is 0 Å². The Morgan fingerprint density at radius 1 is 1.09 bits per heavy atom. The zero-order valence-electron chi connectivity index (χ0n) is 6.87. The highest BCUT2D eigenvalue weighted by Crippen LogP contribution is 2.10. The highest BCUT2D eigenvalue weighted by atomic mass is 16.1. The van der Waals surface area contributed by atoms with E-state index in [9.17, 15) is 4.79 Å². The summed E-state index contributed by atoms with van der Waals surface area (Å²) in [5.74, 6) is 0.488. The Labute approximate surface area is 66.7 Å². The first kappa shape index (κ1) is 7.99. The molecule has 0 saturated heterocycles. The first-order valence-electron chi connectivity index (χ1n) is 3.80. The van der Waals surface area contributed by atoms with Crippen molar-refractivity contribution in [3.05, 3.63) is 46.1 Å². The quantitative estimate of drug-likeness (QED) is 0.596. The van der Waals surface area contributed by atoms with Crippen molar-refractivity contribution in [1.82, 2.24) is 0 Å². The minimum atomic E-state index is 0.0666. The molecule has 0 unspecified atom stereocenters. The van der Waals surface area contributed by atoms with Gasteiger partial charge in [-0.05, 0) is 23.6 Å². The number of hydrogen-bond acceptors (Lipinski definition) is 1. The third-order valence-electron chi connectivity index (χ3n) is 1.66. The molecule has 11 heavy (non-hydrogen) atoms. The molecular formula is C10H12O. The van der Waals surface area contributed by atoms with Crippen LogP contribution < -0.4 is 5.43 Å². The second-order valence-corrected chi connectivity index (χ2v) is 2.92. The first-order valence-corrected chi connectivity index (χ1v) is 3.80. The van der Waals surface area contributed by atoms with Gasteiger partial charge in [-0.1, -0.05) is 32.0 Å². The largest absolute Gasteiger partial charge is 0.290 e.